The Balaban J connectivity index is 1.90. The van der Waals surface area contributed by atoms with Crippen LogP contribution in [0, 0.1) is 0 Å². The summed E-state index contributed by atoms with van der Waals surface area (Å²) in [6, 6.07) is 15.5. The fourth-order valence-electron chi connectivity index (χ4n) is 1.70. The Morgan fingerprint density at radius 2 is 1.95 bits per heavy atom. The van der Waals surface area contributed by atoms with E-state index in [-0.39, 0.29) is 0 Å². The molecule has 0 saturated heterocycles. The number of nitrogens with one attached hydrogen (secondary N) is 2. The van der Waals surface area contributed by atoms with E-state index < -0.39 is 0 Å². The molecule has 0 bridgehead atoms. The molecule has 0 aliphatic heterocycles. The van der Waals surface area contributed by atoms with E-state index in [1.54, 1.807) is 19.2 Å². The standard InChI is InChI=1S/C15H15ClN2OS/c1-19-14-8-7-12(9-13(14)16)18-15(20)17-10-11-5-3-2-4-6-11/h2-9H,10H2,1H3,(H2,17,18,20). The summed E-state index contributed by atoms with van der Waals surface area (Å²) in [7, 11) is 1.58. The first-order chi connectivity index (χ1) is 9.69. The van der Waals surface area contributed by atoms with Crippen LogP contribution >= 0.6 is 23.8 Å². The zero-order valence-electron chi connectivity index (χ0n) is 11.0. The zero-order valence-corrected chi connectivity index (χ0v) is 12.6. The maximum absolute atomic E-state index is 6.06. The van der Waals surface area contributed by atoms with Crippen LogP contribution in [0.5, 0.6) is 5.75 Å². The van der Waals surface area contributed by atoms with Gasteiger partial charge >= 0.3 is 0 Å². The minimum Gasteiger partial charge on any atom is -0.495 e. The molecule has 0 aromatic heterocycles. The van der Waals surface area contributed by atoms with Crippen molar-refractivity contribution in [2.75, 3.05) is 12.4 Å². The predicted octanol–water partition coefficient (Wildman–Crippen LogP) is 3.84. The number of hydrogen-bond donors (Lipinski definition) is 2. The lowest BCUT2D eigenvalue weighted by Gasteiger charge is -2.11. The highest BCUT2D eigenvalue weighted by Gasteiger charge is 2.03. The van der Waals surface area contributed by atoms with Crippen molar-refractivity contribution >= 4 is 34.6 Å². The van der Waals surface area contributed by atoms with E-state index in [0.717, 1.165) is 5.69 Å². The second-order valence-corrected chi connectivity index (χ2v) is 4.96. The quantitative estimate of drug-likeness (QED) is 0.841. The summed E-state index contributed by atoms with van der Waals surface area (Å²) >= 11 is 11.3. The lowest BCUT2D eigenvalue weighted by Crippen LogP contribution is -2.27. The maximum atomic E-state index is 6.06. The van der Waals surface area contributed by atoms with E-state index in [2.05, 4.69) is 10.6 Å². The van der Waals surface area contributed by atoms with E-state index in [1.165, 1.54) is 5.56 Å². The average molecular weight is 307 g/mol. The van der Waals surface area contributed by atoms with Gasteiger partial charge in [0.25, 0.3) is 0 Å². The number of methoxy groups -OCH3 is 1. The summed E-state index contributed by atoms with van der Waals surface area (Å²) in [5.41, 5.74) is 1.99. The molecule has 0 atom stereocenters. The third-order valence-electron chi connectivity index (χ3n) is 2.71. The van der Waals surface area contributed by atoms with Gasteiger partial charge in [-0.15, -0.1) is 0 Å². The first-order valence-electron chi connectivity index (χ1n) is 6.11. The summed E-state index contributed by atoms with van der Waals surface area (Å²) in [6.07, 6.45) is 0. The fraction of sp³-hybridized carbons (Fsp3) is 0.133. The summed E-state index contributed by atoms with van der Waals surface area (Å²) in [4.78, 5) is 0. The molecule has 0 spiro atoms. The third kappa shape index (κ3) is 4.11. The molecule has 2 rings (SSSR count). The molecular formula is C15H15ClN2OS. The minimum atomic E-state index is 0.545. The van der Waals surface area contributed by atoms with Crippen LogP contribution in [0.25, 0.3) is 0 Å². The molecule has 0 saturated carbocycles. The number of halogens is 1. The van der Waals surface area contributed by atoms with Crippen molar-refractivity contribution in [1.29, 1.82) is 0 Å². The number of ether oxygens (including phenoxy) is 1. The number of thiocarbonyl (C=S) groups is 1. The third-order valence-corrected chi connectivity index (χ3v) is 3.25. The molecule has 104 valence electrons. The molecule has 0 aliphatic rings. The normalized spacial score (nSPS) is 9.90. The summed E-state index contributed by atoms with van der Waals surface area (Å²) in [5.74, 6) is 0.639. The Morgan fingerprint density at radius 3 is 2.60 bits per heavy atom. The van der Waals surface area contributed by atoms with Crippen LogP contribution in [0.4, 0.5) is 5.69 Å². The predicted molar refractivity (Wildman–Crippen MR) is 87.5 cm³/mol. The highest BCUT2D eigenvalue weighted by molar-refractivity contribution is 7.80. The zero-order chi connectivity index (χ0) is 14.4. The van der Waals surface area contributed by atoms with E-state index in [9.17, 15) is 0 Å². The van der Waals surface area contributed by atoms with Gasteiger partial charge in [-0.05, 0) is 36.0 Å². The lowest BCUT2D eigenvalue weighted by atomic mass is 10.2. The number of anilines is 1. The first-order valence-corrected chi connectivity index (χ1v) is 6.90. The summed E-state index contributed by atoms with van der Waals surface area (Å²) in [6.45, 7) is 0.677. The van der Waals surface area contributed by atoms with Gasteiger partial charge in [0.15, 0.2) is 5.11 Å². The van der Waals surface area contributed by atoms with Gasteiger partial charge in [0.1, 0.15) is 5.75 Å². The SMILES string of the molecule is COc1ccc(NC(=S)NCc2ccccc2)cc1Cl. The fourth-order valence-corrected chi connectivity index (χ4v) is 2.15. The Bertz CT molecular complexity index is 590. The summed E-state index contributed by atoms with van der Waals surface area (Å²) in [5, 5.41) is 7.32. The van der Waals surface area contributed by atoms with Crippen molar-refractivity contribution < 1.29 is 4.74 Å². The topological polar surface area (TPSA) is 33.3 Å². The van der Waals surface area contributed by atoms with Crippen molar-refractivity contribution in [3.63, 3.8) is 0 Å². The van der Waals surface area contributed by atoms with Gasteiger partial charge in [-0.25, -0.2) is 0 Å². The molecular weight excluding hydrogens is 292 g/mol. The molecule has 0 unspecified atom stereocenters. The first kappa shape index (κ1) is 14.6. The maximum Gasteiger partial charge on any atom is 0.171 e. The lowest BCUT2D eigenvalue weighted by molar-refractivity contribution is 0.415. The molecule has 0 fully saturated rings. The van der Waals surface area contributed by atoms with Gasteiger partial charge in [0.05, 0.1) is 12.1 Å². The molecule has 2 aromatic rings. The van der Waals surface area contributed by atoms with Crippen molar-refractivity contribution in [2.24, 2.45) is 0 Å². The molecule has 0 heterocycles. The number of rotatable bonds is 4. The molecule has 2 N–H and O–H groups in total. The van der Waals surface area contributed by atoms with E-state index in [0.29, 0.717) is 22.4 Å². The van der Waals surface area contributed by atoms with Gasteiger partial charge < -0.3 is 15.4 Å². The monoisotopic (exact) mass is 306 g/mol. The van der Waals surface area contributed by atoms with Gasteiger partial charge in [-0.3, -0.25) is 0 Å². The van der Waals surface area contributed by atoms with Crippen LogP contribution in [0.15, 0.2) is 48.5 Å². The highest BCUT2D eigenvalue weighted by Crippen LogP contribution is 2.27. The van der Waals surface area contributed by atoms with Gasteiger partial charge in [0.2, 0.25) is 0 Å². The van der Waals surface area contributed by atoms with Gasteiger partial charge in [0, 0.05) is 12.2 Å². The smallest absolute Gasteiger partial charge is 0.171 e. The van der Waals surface area contributed by atoms with E-state index in [1.807, 2.05) is 36.4 Å². The highest BCUT2D eigenvalue weighted by atomic mass is 35.5. The second kappa shape index (κ2) is 7.12. The molecule has 20 heavy (non-hydrogen) atoms. The van der Waals surface area contributed by atoms with Crippen LogP contribution in [-0.4, -0.2) is 12.2 Å². The second-order valence-electron chi connectivity index (χ2n) is 4.14. The van der Waals surface area contributed by atoms with Gasteiger partial charge in [-0.1, -0.05) is 41.9 Å². The average Bonchev–Trinajstić information content (AvgIpc) is 2.46. The van der Waals surface area contributed by atoms with Crippen molar-refractivity contribution in [3.05, 3.63) is 59.1 Å². The van der Waals surface area contributed by atoms with Crippen LogP contribution in [0.3, 0.4) is 0 Å². The van der Waals surface area contributed by atoms with Crippen LogP contribution < -0.4 is 15.4 Å². The van der Waals surface area contributed by atoms with E-state index >= 15 is 0 Å². The van der Waals surface area contributed by atoms with Gasteiger partial charge in [-0.2, -0.15) is 0 Å². The molecule has 3 nitrogen and oxygen atoms in total. The van der Waals surface area contributed by atoms with Crippen molar-refractivity contribution in [3.8, 4) is 5.75 Å². The Kier molecular flexibility index (Phi) is 5.21. The molecule has 5 heteroatoms. The summed E-state index contributed by atoms with van der Waals surface area (Å²) < 4.78 is 5.10. The largest absolute Gasteiger partial charge is 0.495 e. The van der Waals surface area contributed by atoms with Crippen LogP contribution in [0.2, 0.25) is 5.02 Å². The molecule has 2 aromatic carbocycles. The van der Waals surface area contributed by atoms with Crippen LogP contribution in [0.1, 0.15) is 5.56 Å². The Morgan fingerprint density at radius 1 is 1.20 bits per heavy atom. The molecule has 0 radical (unpaired) electrons. The van der Waals surface area contributed by atoms with Crippen molar-refractivity contribution in [2.45, 2.75) is 6.54 Å². The Hall–Kier alpha value is -1.78. The number of benzene rings is 2. The van der Waals surface area contributed by atoms with Crippen LogP contribution in [-0.2, 0) is 6.54 Å². The molecule has 0 aliphatic carbocycles. The minimum absolute atomic E-state index is 0.545. The molecule has 0 amide bonds. The Labute approximate surface area is 128 Å². The number of hydrogen-bond acceptors (Lipinski definition) is 2. The van der Waals surface area contributed by atoms with E-state index in [4.69, 9.17) is 28.6 Å². The van der Waals surface area contributed by atoms with Crippen molar-refractivity contribution in [1.82, 2.24) is 5.32 Å².